The summed E-state index contributed by atoms with van der Waals surface area (Å²) in [6, 6.07) is 9.41. The molecule has 152 valence electrons. The smallest absolute Gasteiger partial charge is 0.480 e. The Balaban J connectivity index is 1.67. The van der Waals surface area contributed by atoms with Gasteiger partial charge >= 0.3 is 13.1 Å². The number of carbonyl (C=O) groups is 2. The van der Waals surface area contributed by atoms with Crippen LogP contribution in [0.25, 0.3) is 0 Å². The van der Waals surface area contributed by atoms with Gasteiger partial charge in [0, 0.05) is 24.4 Å². The molecule has 1 aromatic heterocycles. The van der Waals surface area contributed by atoms with E-state index in [1.54, 1.807) is 0 Å². The van der Waals surface area contributed by atoms with Crippen LogP contribution < -0.4 is 10.8 Å². The summed E-state index contributed by atoms with van der Waals surface area (Å²) in [5.41, 5.74) is 1.15. The van der Waals surface area contributed by atoms with Crippen molar-refractivity contribution in [1.82, 2.24) is 10.3 Å². The summed E-state index contributed by atoms with van der Waals surface area (Å²) in [4.78, 5) is 27.7. The molecule has 29 heavy (non-hydrogen) atoms. The summed E-state index contributed by atoms with van der Waals surface area (Å²) < 4.78 is 12.1. The molecule has 2 heterocycles. The zero-order valence-corrected chi connectivity index (χ0v) is 17.0. The van der Waals surface area contributed by atoms with E-state index in [9.17, 15) is 14.7 Å². The molecule has 3 rings (SSSR count). The molecule has 1 aromatic carbocycles. The molecule has 0 unspecified atom stereocenters. The van der Waals surface area contributed by atoms with Gasteiger partial charge < -0.3 is 19.7 Å². The lowest BCUT2D eigenvalue weighted by atomic mass is 9.78. The number of carboxylic acid groups (broad SMARTS) is 1. The molecule has 1 amide bonds. The molecular formula is C21H25BN2O5. The zero-order valence-electron chi connectivity index (χ0n) is 17.0. The van der Waals surface area contributed by atoms with Gasteiger partial charge in [0.25, 0.3) is 5.91 Å². The summed E-state index contributed by atoms with van der Waals surface area (Å²) in [5, 5.41) is 12.1. The van der Waals surface area contributed by atoms with Crippen molar-refractivity contribution in [3.63, 3.8) is 0 Å². The summed E-state index contributed by atoms with van der Waals surface area (Å²) >= 11 is 0. The van der Waals surface area contributed by atoms with Crippen molar-refractivity contribution in [3.8, 4) is 0 Å². The first kappa shape index (κ1) is 21.0. The molecule has 1 saturated heterocycles. The molecule has 2 aromatic rings. The second kappa shape index (κ2) is 7.97. The first-order valence-electron chi connectivity index (χ1n) is 9.47. The van der Waals surface area contributed by atoms with Crippen molar-refractivity contribution < 1.29 is 24.0 Å². The summed E-state index contributed by atoms with van der Waals surface area (Å²) in [7, 11) is -0.476. The van der Waals surface area contributed by atoms with Gasteiger partial charge in [-0.05, 0) is 50.9 Å². The fourth-order valence-corrected chi connectivity index (χ4v) is 2.97. The predicted molar refractivity (Wildman–Crippen MR) is 109 cm³/mol. The standard InChI is InChI=1S/C21H25BN2O5/c1-20(2)21(3,4)29-22(28-20)16-7-5-14(6-8-16)13-17(19(26)27)24-18(25)15-9-11-23-12-10-15/h5-12,17H,13H2,1-4H3,(H,24,25)(H,26,27)/t17-/m1/s1. The van der Waals surface area contributed by atoms with E-state index in [-0.39, 0.29) is 6.42 Å². The van der Waals surface area contributed by atoms with Gasteiger partial charge in [0.05, 0.1) is 11.2 Å². The number of benzene rings is 1. The summed E-state index contributed by atoms with van der Waals surface area (Å²) in [5.74, 6) is -1.55. The van der Waals surface area contributed by atoms with E-state index < -0.39 is 36.2 Å². The molecule has 0 saturated carbocycles. The van der Waals surface area contributed by atoms with Crippen LogP contribution in [0.2, 0.25) is 0 Å². The van der Waals surface area contributed by atoms with Gasteiger partial charge in [-0.15, -0.1) is 0 Å². The monoisotopic (exact) mass is 396 g/mol. The van der Waals surface area contributed by atoms with Gasteiger partial charge in [0.2, 0.25) is 0 Å². The topological polar surface area (TPSA) is 97.8 Å². The minimum Gasteiger partial charge on any atom is -0.480 e. The highest BCUT2D eigenvalue weighted by Gasteiger charge is 2.51. The molecule has 1 aliphatic heterocycles. The van der Waals surface area contributed by atoms with E-state index in [0.29, 0.717) is 5.56 Å². The number of pyridine rings is 1. The largest absolute Gasteiger partial charge is 0.494 e. The molecule has 1 fully saturated rings. The van der Waals surface area contributed by atoms with E-state index in [1.807, 2.05) is 52.0 Å². The lowest BCUT2D eigenvalue weighted by Gasteiger charge is -2.32. The van der Waals surface area contributed by atoms with E-state index in [2.05, 4.69) is 10.3 Å². The molecule has 0 spiro atoms. The molecule has 7 nitrogen and oxygen atoms in total. The normalized spacial score (nSPS) is 18.3. The Kier molecular flexibility index (Phi) is 5.77. The molecule has 0 aliphatic carbocycles. The minimum absolute atomic E-state index is 0.163. The van der Waals surface area contributed by atoms with E-state index in [0.717, 1.165) is 11.0 Å². The molecule has 0 radical (unpaired) electrons. The van der Waals surface area contributed by atoms with Gasteiger partial charge in [0.15, 0.2) is 0 Å². The quantitative estimate of drug-likeness (QED) is 0.723. The third-order valence-corrected chi connectivity index (χ3v) is 5.49. The van der Waals surface area contributed by atoms with E-state index in [1.165, 1.54) is 24.5 Å². The van der Waals surface area contributed by atoms with Crippen molar-refractivity contribution in [1.29, 1.82) is 0 Å². The predicted octanol–water partition coefficient (Wildman–Crippen LogP) is 1.81. The SMILES string of the molecule is CC1(C)OB(c2ccc(C[C@@H](NC(=O)c3ccncc3)C(=O)O)cc2)OC1(C)C. The molecule has 1 aliphatic rings. The third-order valence-electron chi connectivity index (χ3n) is 5.49. The second-order valence-corrected chi connectivity index (χ2v) is 8.13. The van der Waals surface area contributed by atoms with Crippen LogP contribution in [0.3, 0.4) is 0 Å². The van der Waals surface area contributed by atoms with Crippen LogP contribution in [0.5, 0.6) is 0 Å². The second-order valence-electron chi connectivity index (χ2n) is 8.13. The number of aliphatic carboxylic acids is 1. The number of nitrogens with zero attached hydrogens (tertiary/aromatic N) is 1. The molecule has 0 bridgehead atoms. The lowest BCUT2D eigenvalue weighted by Crippen LogP contribution is -2.42. The lowest BCUT2D eigenvalue weighted by molar-refractivity contribution is -0.139. The number of carboxylic acids is 1. The fourth-order valence-electron chi connectivity index (χ4n) is 2.97. The van der Waals surface area contributed by atoms with Gasteiger partial charge in [-0.25, -0.2) is 4.79 Å². The maximum absolute atomic E-state index is 12.3. The number of carbonyl (C=O) groups excluding carboxylic acids is 1. The molecule has 1 atom stereocenters. The first-order valence-corrected chi connectivity index (χ1v) is 9.47. The Hall–Kier alpha value is -2.71. The van der Waals surface area contributed by atoms with E-state index in [4.69, 9.17) is 9.31 Å². The fraction of sp³-hybridized carbons (Fsp3) is 0.381. The van der Waals surface area contributed by atoms with Crippen molar-refractivity contribution in [2.45, 2.75) is 51.4 Å². The Morgan fingerprint density at radius 3 is 2.10 bits per heavy atom. The van der Waals surface area contributed by atoms with Crippen LogP contribution in [0.15, 0.2) is 48.8 Å². The average Bonchev–Trinajstić information content (AvgIpc) is 2.89. The number of nitrogens with one attached hydrogen (secondary N) is 1. The van der Waals surface area contributed by atoms with Gasteiger partial charge in [0.1, 0.15) is 6.04 Å². The number of aromatic nitrogens is 1. The Bertz CT molecular complexity index is 868. The van der Waals surface area contributed by atoms with Crippen molar-refractivity contribution in [2.24, 2.45) is 0 Å². The van der Waals surface area contributed by atoms with Crippen molar-refractivity contribution in [2.75, 3.05) is 0 Å². The maximum atomic E-state index is 12.3. The highest BCUT2D eigenvalue weighted by Crippen LogP contribution is 2.36. The summed E-state index contributed by atoms with van der Waals surface area (Å²) in [6.07, 6.45) is 3.13. The van der Waals surface area contributed by atoms with Crippen LogP contribution in [0.4, 0.5) is 0 Å². The zero-order chi connectivity index (χ0) is 21.2. The van der Waals surface area contributed by atoms with Gasteiger partial charge in [-0.2, -0.15) is 0 Å². The van der Waals surface area contributed by atoms with Gasteiger partial charge in [-0.1, -0.05) is 24.3 Å². The average molecular weight is 396 g/mol. The van der Waals surface area contributed by atoms with Gasteiger partial charge in [-0.3, -0.25) is 9.78 Å². The van der Waals surface area contributed by atoms with Crippen LogP contribution in [0.1, 0.15) is 43.6 Å². The Morgan fingerprint density at radius 2 is 1.59 bits per heavy atom. The number of rotatable bonds is 6. The minimum atomic E-state index is -1.09. The molecule has 2 N–H and O–H groups in total. The number of amides is 1. The van der Waals surface area contributed by atoms with Crippen LogP contribution >= 0.6 is 0 Å². The highest BCUT2D eigenvalue weighted by atomic mass is 16.7. The number of hydrogen-bond acceptors (Lipinski definition) is 5. The number of hydrogen-bond donors (Lipinski definition) is 2. The maximum Gasteiger partial charge on any atom is 0.494 e. The van der Waals surface area contributed by atoms with Crippen LogP contribution in [-0.2, 0) is 20.5 Å². The van der Waals surface area contributed by atoms with Crippen LogP contribution in [0, 0.1) is 0 Å². The third kappa shape index (κ3) is 4.66. The highest BCUT2D eigenvalue weighted by molar-refractivity contribution is 6.62. The first-order chi connectivity index (χ1) is 13.6. The molecule has 8 heteroatoms. The summed E-state index contributed by atoms with van der Waals surface area (Å²) in [6.45, 7) is 7.96. The Morgan fingerprint density at radius 1 is 1.03 bits per heavy atom. The molecular weight excluding hydrogens is 371 g/mol. The van der Waals surface area contributed by atoms with Crippen molar-refractivity contribution >= 4 is 24.5 Å². The van der Waals surface area contributed by atoms with Crippen molar-refractivity contribution in [3.05, 3.63) is 59.9 Å². The van der Waals surface area contributed by atoms with Crippen LogP contribution in [-0.4, -0.2) is 46.3 Å². The van der Waals surface area contributed by atoms with E-state index >= 15 is 0 Å². The Labute approximate surface area is 170 Å².